The summed E-state index contributed by atoms with van der Waals surface area (Å²) in [6.45, 7) is 5.69. The number of hydrogen-bond donors (Lipinski definition) is 3. The van der Waals surface area contributed by atoms with E-state index in [1.807, 2.05) is 6.07 Å². The van der Waals surface area contributed by atoms with E-state index in [-0.39, 0.29) is 23.8 Å². The lowest BCUT2D eigenvalue weighted by Gasteiger charge is -2.25. The maximum absolute atomic E-state index is 12.0. The van der Waals surface area contributed by atoms with Crippen LogP contribution in [0.15, 0.2) is 29.6 Å². The summed E-state index contributed by atoms with van der Waals surface area (Å²) in [5.74, 6) is 2.40. The highest BCUT2D eigenvalue weighted by Gasteiger charge is 2.24. The number of aryl methyl sites for hydroxylation is 1. The molecule has 3 N–H and O–H groups in total. The van der Waals surface area contributed by atoms with Crippen LogP contribution in [0, 0.1) is 0 Å². The predicted octanol–water partition coefficient (Wildman–Crippen LogP) is 5.52. The monoisotopic (exact) mass is 578 g/mol. The summed E-state index contributed by atoms with van der Waals surface area (Å²) in [6, 6.07) is 1.91. The summed E-state index contributed by atoms with van der Waals surface area (Å²) in [6.07, 6.45) is 9.62. The minimum atomic E-state index is -0.393. The van der Waals surface area contributed by atoms with Crippen molar-refractivity contribution in [3.8, 4) is 11.5 Å². The van der Waals surface area contributed by atoms with Gasteiger partial charge < -0.3 is 30.0 Å². The first-order valence-electron chi connectivity index (χ1n) is 13.7. The first-order chi connectivity index (χ1) is 18.8. The van der Waals surface area contributed by atoms with E-state index in [4.69, 9.17) is 14.2 Å². The fraction of sp³-hybridized carbons (Fsp3) is 0.586. The first-order valence-corrected chi connectivity index (χ1v) is 16.2. The normalized spacial score (nSPS) is 16.6. The lowest BCUT2D eigenvalue weighted by atomic mass is 9.91. The number of phenols is 1. The number of hydrogen-bond acceptors (Lipinski definition) is 10. The number of phenolic OH excluding ortho intramolecular Hbond substituents is 1. The minimum Gasteiger partial charge on any atom is -0.504 e. The number of allylic oxidation sites excluding steroid dienone is 2. The zero-order valence-corrected chi connectivity index (χ0v) is 25.1. The van der Waals surface area contributed by atoms with Crippen LogP contribution in [-0.4, -0.2) is 48.8 Å². The van der Waals surface area contributed by atoms with Gasteiger partial charge in [-0.15, -0.1) is 0 Å². The zero-order chi connectivity index (χ0) is 28.2. The molecule has 0 radical (unpaired) electrons. The maximum Gasteiger partial charge on any atom is 0.302 e. The molecule has 0 unspecified atom stereocenters. The van der Waals surface area contributed by atoms with Crippen LogP contribution in [0.3, 0.4) is 0 Å². The average Bonchev–Trinajstić information content (AvgIpc) is 2.91. The summed E-state index contributed by atoms with van der Waals surface area (Å²) >= 11 is 0. The molecule has 8 nitrogen and oxygen atoms in total. The number of dihydropyridines is 1. The van der Waals surface area contributed by atoms with Crippen molar-refractivity contribution in [1.82, 2.24) is 10.6 Å². The Morgan fingerprint density at radius 1 is 1.05 bits per heavy atom. The van der Waals surface area contributed by atoms with Gasteiger partial charge in [0, 0.05) is 44.6 Å². The Kier molecular flexibility index (Phi) is 12.7. The fourth-order valence-corrected chi connectivity index (χ4v) is 6.87. The van der Waals surface area contributed by atoms with Crippen LogP contribution >= 0.6 is 21.6 Å². The van der Waals surface area contributed by atoms with Gasteiger partial charge in [-0.2, -0.15) is 0 Å². The summed E-state index contributed by atoms with van der Waals surface area (Å²) in [4.78, 5) is 23.7. The molecule has 3 rings (SSSR count). The Morgan fingerprint density at radius 3 is 2.49 bits per heavy atom. The summed E-state index contributed by atoms with van der Waals surface area (Å²) in [5, 5.41) is 17.9. The number of unbranched alkanes of at least 4 members (excludes halogenated alkanes) is 2. The van der Waals surface area contributed by atoms with Crippen LogP contribution in [0.4, 0.5) is 0 Å². The summed E-state index contributed by atoms with van der Waals surface area (Å²) in [7, 11) is 5.02. The van der Waals surface area contributed by atoms with Crippen molar-refractivity contribution in [2.75, 3.05) is 19.5 Å². The number of fused-ring (bicyclic) bond motifs is 2. The molecular weight excluding hydrogens is 536 g/mol. The molecule has 2 aliphatic heterocycles. The van der Waals surface area contributed by atoms with Gasteiger partial charge in [0.15, 0.2) is 11.5 Å². The molecule has 1 aromatic carbocycles. The number of aromatic hydroxyl groups is 1. The third-order valence-electron chi connectivity index (χ3n) is 6.83. The molecule has 0 spiro atoms. The van der Waals surface area contributed by atoms with Crippen molar-refractivity contribution in [1.29, 1.82) is 0 Å². The average molecular weight is 579 g/mol. The third-order valence-corrected chi connectivity index (χ3v) is 8.87. The molecule has 2 aliphatic rings. The highest BCUT2D eigenvalue weighted by Crippen LogP contribution is 2.41. The summed E-state index contributed by atoms with van der Waals surface area (Å²) in [5.41, 5.74) is 4.14. The van der Waals surface area contributed by atoms with Gasteiger partial charge in [0.2, 0.25) is 0 Å². The molecule has 2 bridgehead atoms. The van der Waals surface area contributed by atoms with Gasteiger partial charge in [0.1, 0.15) is 12.2 Å². The molecule has 0 fully saturated rings. The van der Waals surface area contributed by atoms with Crippen molar-refractivity contribution < 1.29 is 28.9 Å². The highest BCUT2D eigenvalue weighted by molar-refractivity contribution is 8.76. The van der Waals surface area contributed by atoms with Gasteiger partial charge >= 0.3 is 11.9 Å². The van der Waals surface area contributed by atoms with Gasteiger partial charge in [0.25, 0.3) is 0 Å². The van der Waals surface area contributed by atoms with Crippen LogP contribution in [0.1, 0.15) is 76.0 Å². The number of nitrogens with one attached hydrogen (secondary N) is 2. The van der Waals surface area contributed by atoms with Gasteiger partial charge in [-0.05, 0) is 54.5 Å². The quantitative estimate of drug-likeness (QED) is 0.167. The van der Waals surface area contributed by atoms with Crippen LogP contribution in [0.25, 0.3) is 0 Å². The molecule has 0 saturated carbocycles. The van der Waals surface area contributed by atoms with Crippen molar-refractivity contribution in [3.63, 3.8) is 0 Å². The Bertz CT molecular complexity index is 1060. The van der Waals surface area contributed by atoms with Gasteiger partial charge in [-0.3, -0.25) is 9.59 Å². The second kappa shape index (κ2) is 16.0. The Morgan fingerprint density at radius 2 is 1.79 bits per heavy atom. The Labute approximate surface area is 240 Å². The molecule has 1 aromatic rings. The molecule has 0 aromatic heterocycles. The Balaban J connectivity index is 1.87. The highest BCUT2D eigenvalue weighted by atomic mass is 33.1. The van der Waals surface area contributed by atoms with Crippen molar-refractivity contribution >= 4 is 33.5 Å². The molecule has 0 aliphatic carbocycles. The molecule has 2 atom stereocenters. The minimum absolute atomic E-state index is 0.172. The van der Waals surface area contributed by atoms with E-state index in [0.717, 1.165) is 71.9 Å². The van der Waals surface area contributed by atoms with E-state index < -0.39 is 6.10 Å². The lowest BCUT2D eigenvalue weighted by Crippen LogP contribution is -2.28. The molecule has 39 heavy (non-hydrogen) atoms. The number of ether oxygens (including phenoxy) is 3. The number of rotatable bonds is 12. The summed E-state index contributed by atoms with van der Waals surface area (Å²) < 4.78 is 16.9. The SMILES string of the molecule is CCCCC[C@@H](C[C@@H](CCc1cc(OC)c(O)c2c1CSSCNC1=CC(=CCN1)C2)OC(C)=O)OC(C)=O. The largest absolute Gasteiger partial charge is 0.504 e. The molecule has 2 heterocycles. The number of carbonyl (C=O) groups is 2. The lowest BCUT2D eigenvalue weighted by molar-refractivity contribution is -0.153. The van der Waals surface area contributed by atoms with E-state index in [9.17, 15) is 14.7 Å². The predicted molar refractivity (Wildman–Crippen MR) is 158 cm³/mol. The molecular formula is C29H42N2O6S2. The van der Waals surface area contributed by atoms with Gasteiger partial charge in [-0.25, -0.2) is 0 Å². The number of benzene rings is 1. The fourth-order valence-electron chi connectivity index (χ4n) is 4.98. The van der Waals surface area contributed by atoms with E-state index in [2.05, 4.69) is 29.7 Å². The number of esters is 2. The second-order valence-corrected chi connectivity index (χ2v) is 12.3. The number of methoxy groups -OCH3 is 1. The number of carbonyl (C=O) groups excluding carboxylic acids is 2. The molecule has 10 heteroatoms. The van der Waals surface area contributed by atoms with Crippen molar-refractivity contribution in [3.05, 3.63) is 46.3 Å². The topological polar surface area (TPSA) is 106 Å². The Hall–Kier alpha value is -2.46. The van der Waals surface area contributed by atoms with Crippen LogP contribution in [-0.2, 0) is 37.7 Å². The van der Waals surface area contributed by atoms with E-state index in [1.54, 1.807) is 28.7 Å². The van der Waals surface area contributed by atoms with Crippen molar-refractivity contribution in [2.24, 2.45) is 0 Å². The first kappa shape index (κ1) is 31.1. The van der Waals surface area contributed by atoms with Crippen molar-refractivity contribution in [2.45, 2.75) is 90.1 Å². The molecule has 0 amide bonds. The second-order valence-electron chi connectivity index (χ2n) is 9.87. The molecule has 216 valence electrons. The smallest absolute Gasteiger partial charge is 0.302 e. The standard InChI is InChI=1S/C29H42N2O6S2/c1-5-6-7-8-23(36-19(2)32)16-24(37-20(3)33)10-9-22-15-27(35-4)29(34)25-13-21-11-12-30-28(14-21)31-18-39-38-17-26(22)25/h11,14-15,23-24,30-31,34H,5-10,12-13,16-18H2,1-4H3/t23-,24+/m0/s1. The maximum atomic E-state index is 12.0. The third kappa shape index (κ3) is 9.90. The zero-order valence-electron chi connectivity index (χ0n) is 23.5. The van der Waals surface area contributed by atoms with Crippen LogP contribution in [0.2, 0.25) is 0 Å². The van der Waals surface area contributed by atoms with E-state index in [0.29, 0.717) is 31.4 Å². The van der Waals surface area contributed by atoms with E-state index >= 15 is 0 Å². The van der Waals surface area contributed by atoms with Gasteiger partial charge in [-0.1, -0.05) is 47.4 Å². The van der Waals surface area contributed by atoms with Crippen LogP contribution in [0.5, 0.6) is 11.5 Å². The van der Waals surface area contributed by atoms with Gasteiger partial charge in [0.05, 0.1) is 18.8 Å². The van der Waals surface area contributed by atoms with E-state index in [1.165, 1.54) is 13.8 Å². The van der Waals surface area contributed by atoms with Crippen LogP contribution < -0.4 is 15.4 Å². The molecule has 0 saturated heterocycles.